The first-order valence-electron chi connectivity index (χ1n) is 6.73. The second-order valence-electron chi connectivity index (χ2n) is 5.49. The molecule has 0 aliphatic carbocycles. The van der Waals surface area contributed by atoms with Crippen molar-refractivity contribution in [2.75, 3.05) is 0 Å². The average molecular weight is 298 g/mol. The zero-order chi connectivity index (χ0) is 13.6. The summed E-state index contributed by atoms with van der Waals surface area (Å²) in [7, 11) is 0. The van der Waals surface area contributed by atoms with Crippen LogP contribution < -0.4 is 11.0 Å². The van der Waals surface area contributed by atoms with Crippen molar-refractivity contribution in [2.45, 2.75) is 45.0 Å². The molecule has 1 aliphatic rings. The van der Waals surface area contributed by atoms with Crippen LogP contribution in [0.15, 0.2) is 23.0 Å². The van der Waals surface area contributed by atoms with Gasteiger partial charge in [0.2, 0.25) is 0 Å². The van der Waals surface area contributed by atoms with Crippen LogP contribution in [0, 0.1) is 0 Å². The van der Waals surface area contributed by atoms with Crippen LogP contribution in [0.1, 0.15) is 31.9 Å². The molecule has 2 atom stereocenters. The number of halogens is 1. The largest absolute Gasteiger partial charge is 0.387 e. The second-order valence-corrected chi connectivity index (χ2v) is 5.49. The quantitative estimate of drug-likeness (QED) is 0.788. The van der Waals surface area contributed by atoms with Crippen LogP contribution in [0.5, 0.6) is 0 Å². The minimum absolute atomic E-state index is 0. The molecule has 0 amide bonds. The van der Waals surface area contributed by atoms with Crippen molar-refractivity contribution in [1.82, 2.24) is 14.9 Å². The Labute approximate surface area is 123 Å². The summed E-state index contributed by atoms with van der Waals surface area (Å²) in [5.41, 5.74) is 2.37. The third-order valence-corrected chi connectivity index (χ3v) is 3.73. The third kappa shape index (κ3) is 2.37. The van der Waals surface area contributed by atoms with Gasteiger partial charge in [-0.05, 0) is 12.5 Å². The Morgan fingerprint density at radius 3 is 2.90 bits per heavy atom. The molecular formula is C14H20ClN3O2. The number of hydrogen-bond donors (Lipinski definition) is 3. The Kier molecular flexibility index (Phi) is 4.22. The van der Waals surface area contributed by atoms with Crippen LogP contribution in [0.3, 0.4) is 0 Å². The summed E-state index contributed by atoms with van der Waals surface area (Å²) >= 11 is 0. The summed E-state index contributed by atoms with van der Waals surface area (Å²) in [6.45, 7) is 4.74. The maximum Gasteiger partial charge on any atom is 0.326 e. The fraction of sp³-hybridized carbons (Fsp3) is 0.500. The summed E-state index contributed by atoms with van der Waals surface area (Å²) in [5, 5.41) is 14.0. The molecule has 110 valence electrons. The Bertz CT molecular complexity index is 662. The van der Waals surface area contributed by atoms with Crippen molar-refractivity contribution >= 4 is 23.4 Å². The number of benzene rings is 1. The van der Waals surface area contributed by atoms with Gasteiger partial charge in [-0.2, -0.15) is 0 Å². The predicted octanol–water partition coefficient (Wildman–Crippen LogP) is 1.56. The standard InChI is InChI=1S/C14H19N3O2.ClH/c1-8(2)15-11-6-7-17-12-9(13(11)18)4-3-5-10(12)16-14(17)19;/h3-5,8,11,13,15,18H,6-7H2,1-2H3,(H,16,19);1H/t11-,13-;/m0./s1. The van der Waals surface area contributed by atoms with E-state index in [1.165, 1.54) is 0 Å². The summed E-state index contributed by atoms with van der Waals surface area (Å²) in [6.07, 6.45) is 0.149. The highest BCUT2D eigenvalue weighted by molar-refractivity contribution is 5.85. The van der Waals surface area contributed by atoms with Gasteiger partial charge >= 0.3 is 5.69 Å². The third-order valence-electron chi connectivity index (χ3n) is 3.73. The minimum atomic E-state index is -0.588. The molecular weight excluding hydrogens is 278 g/mol. The van der Waals surface area contributed by atoms with Crippen molar-refractivity contribution in [3.05, 3.63) is 34.2 Å². The summed E-state index contributed by atoms with van der Waals surface area (Å²) < 4.78 is 1.73. The molecule has 0 unspecified atom stereocenters. The van der Waals surface area contributed by atoms with Gasteiger partial charge in [-0.15, -0.1) is 12.4 Å². The molecule has 0 radical (unpaired) electrons. The molecule has 1 aromatic heterocycles. The van der Waals surface area contributed by atoms with Gasteiger partial charge in [0.15, 0.2) is 0 Å². The number of imidazole rings is 1. The molecule has 1 aromatic carbocycles. The fourth-order valence-electron chi connectivity index (χ4n) is 2.95. The van der Waals surface area contributed by atoms with Crippen molar-refractivity contribution in [3.63, 3.8) is 0 Å². The molecule has 0 fully saturated rings. The number of rotatable bonds is 2. The lowest BCUT2D eigenvalue weighted by atomic mass is 9.99. The number of aromatic nitrogens is 2. The molecule has 20 heavy (non-hydrogen) atoms. The lowest BCUT2D eigenvalue weighted by Gasteiger charge is -2.24. The average Bonchev–Trinajstić information content (AvgIpc) is 2.61. The van der Waals surface area contributed by atoms with Gasteiger partial charge in [0.25, 0.3) is 0 Å². The highest BCUT2D eigenvalue weighted by Crippen LogP contribution is 2.29. The predicted molar refractivity (Wildman–Crippen MR) is 81.4 cm³/mol. The molecule has 3 rings (SSSR count). The lowest BCUT2D eigenvalue weighted by molar-refractivity contribution is 0.121. The number of aliphatic hydroxyl groups excluding tert-OH is 1. The van der Waals surface area contributed by atoms with Crippen LogP contribution in [0.4, 0.5) is 0 Å². The lowest BCUT2D eigenvalue weighted by Crippen LogP contribution is -2.39. The van der Waals surface area contributed by atoms with Crippen LogP contribution in [-0.2, 0) is 6.54 Å². The van der Waals surface area contributed by atoms with E-state index in [2.05, 4.69) is 24.1 Å². The highest BCUT2D eigenvalue weighted by Gasteiger charge is 2.28. The van der Waals surface area contributed by atoms with E-state index >= 15 is 0 Å². The van der Waals surface area contributed by atoms with Crippen molar-refractivity contribution < 1.29 is 5.11 Å². The van der Waals surface area contributed by atoms with Gasteiger partial charge in [-0.1, -0.05) is 26.0 Å². The molecule has 0 bridgehead atoms. The Balaban J connectivity index is 0.00000147. The van der Waals surface area contributed by atoms with E-state index in [0.717, 1.165) is 23.0 Å². The van der Waals surface area contributed by atoms with E-state index in [-0.39, 0.29) is 24.1 Å². The molecule has 3 N–H and O–H groups in total. The van der Waals surface area contributed by atoms with Gasteiger partial charge in [0, 0.05) is 24.2 Å². The van der Waals surface area contributed by atoms with E-state index in [9.17, 15) is 9.90 Å². The Hall–Kier alpha value is -1.30. The molecule has 0 saturated carbocycles. The van der Waals surface area contributed by atoms with E-state index < -0.39 is 6.10 Å². The van der Waals surface area contributed by atoms with Gasteiger partial charge in [0.05, 0.1) is 17.1 Å². The van der Waals surface area contributed by atoms with Crippen LogP contribution in [0.2, 0.25) is 0 Å². The summed E-state index contributed by atoms with van der Waals surface area (Å²) in [6, 6.07) is 5.93. The number of aryl methyl sites for hydroxylation is 1. The van der Waals surface area contributed by atoms with Crippen LogP contribution in [0.25, 0.3) is 11.0 Å². The summed E-state index contributed by atoms with van der Waals surface area (Å²) in [4.78, 5) is 14.8. The smallest absolute Gasteiger partial charge is 0.326 e. The normalized spacial score (nSPS) is 21.8. The monoisotopic (exact) mass is 297 g/mol. The molecule has 6 heteroatoms. The highest BCUT2D eigenvalue weighted by atomic mass is 35.5. The number of aliphatic hydroxyl groups is 1. The first-order valence-corrected chi connectivity index (χ1v) is 6.73. The molecule has 2 aromatic rings. The zero-order valence-corrected chi connectivity index (χ0v) is 12.4. The molecule has 2 heterocycles. The van der Waals surface area contributed by atoms with Gasteiger partial charge in [-0.25, -0.2) is 4.79 Å². The van der Waals surface area contributed by atoms with E-state index in [4.69, 9.17) is 0 Å². The first-order chi connectivity index (χ1) is 9.08. The van der Waals surface area contributed by atoms with Gasteiger partial charge in [0.1, 0.15) is 0 Å². The number of para-hydroxylation sites is 1. The molecule has 0 saturated heterocycles. The van der Waals surface area contributed by atoms with Crippen LogP contribution in [-0.4, -0.2) is 26.7 Å². The Morgan fingerprint density at radius 1 is 1.45 bits per heavy atom. The minimum Gasteiger partial charge on any atom is -0.387 e. The summed E-state index contributed by atoms with van der Waals surface area (Å²) in [5.74, 6) is 0. The van der Waals surface area contributed by atoms with E-state index in [1.807, 2.05) is 18.2 Å². The number of H-pyrrole nitrogens is 1. The maximum absolute atomic E-state index is 11.9. The molecule has 1 aliphatic heterocycles. The maximum atomic E-state index is 11.9. The van der Waals surface area contributed by atoms with Gasteiger partial charge < -0.3 is 15.4 Å². The first kappa shape index (κ1) is 15.1. The van der Waals surface area contributed by atoms with Crippen molar-refractivity contribution in [1.29, 1.82) is 0 Å². The Morgan fingerprint density at radius 2 is 2.20 bits per heavy atom. The van der Waals surface area contributed by atoms with E-state index in [0.29, 0.717) is 12.6 Å². The SMILES string of the molecule is CC(C)N[C@H]1CCn2c(=O)[nH]c3cccc(c32)[C@@H]1O.Cl. The second kappa shape index (κ2) is 5.60. The van der Waals surface area contributed by atoms with E-state index in [1.54, 1.807) is 4.57 Å². The molecule has 0 spiro atoms. The number of nitrogens with zero attached hydrogens (tertiary/aromatic N) is 1. The number of nitrogens with one attached hydrogen (secondary N) is 2. The van der Waals surface area contributed by atoms with Crippen molar-refractivity contribution in [3.8, 4) is 0 Å². The topological polar surface area (TPSA) is 70.0 Å². The van der Waals surface area contributed by atoms with Crippen molar-refractivity contribution in [2.24, 2.45) is 0 Å². The van der Waals surface area contributed by atoms with Gasteiger partial charge in [-0.3, -0.25) is 4.57 Å². The number of hydrogen-bond acceptors (Lipinski definition) is 3. The van der Waals surface area contributed by atoms with Crippen LogP contribution >= 0.6 is 12.4 Å². The number of aromatic amines is 1. The zero-order valence-electron chi connectivity index (χ0n) is 11.6. The molecule has 5 nitrogen and oxygen atoms in total. The fourth-order valence-corrected chi connectivity index (χ4v) is 2.95.